The number of nitrogens with one attached hydrogen (secondary N) is 2. The molecule has 0 aliphatic heterocycles. The van der Waals surface area contributed by atoms with Crippen molar-refractivity contribution < 1.29 is 24.3 Å². The Morgan fingerprint density at radius 2 is 2.00 bits per heavy atom. The monoisotopic (exact) mass is 446 g/mol. The largest absolute Gasteiger partial charge is 0.481 e. The highest BCUT2D eigenvalue weighted by molar-refractivity contribution is 6.33. The molecule has 0 spiro atoms. The first kappa shape index (κ1) is 22.0. The highest BCUT2D eigenvalue weighted by Gasteiger charge is 2.53. The van der Waals surface area contributed by atoms with E-state index in [0.29, 0.717) is 24.8 Å². The number of nitrogen functional groups attached to an aromatic ring is 1. The molecule has 1 atom stereocenters. The molecule has 0 bridgehead atoms. The summed E-state index contributed by atoms with van der Waals surface area (Å²) >= 11 is 5.93. The van der Waals surface area contributed by atoms with E-state index in [1.54, 1.807) is 0 Å². The number of aromatic nitrogens is 1. The van der Waals surface area contributed by atoms with Crippen LogP contribution in [0.3, 0.4) is 0 Å². The number of benzene rings is 1. The smallest absolute Gasteiger partial charge is 0.305 e. The fourth-order valence-corrected chi connectivity index (χ4v) is 3.29. The molecule has 1 aliphatic rings. The number of amides is 2. The summed E-state index contributed by atoms with van der Waals surface area (Å²) < 4.78 is 1.18. The van der Waals surface area contributed by atoms with Crippen molar-refractivity contribution in [3.8, 4) is 0 Å². The third-order valence-corrected chi connectivity index (χ3v) is 5.27. The predicted octanol–water partition coefficient (Wildman–Crippen LogP) is 0.984. The molecule has 5 N–H and O–H groups in total. The molecule has 2 amide bonds. The van der Waals surface area contributed by atoms with Gasteiger partial charge in [-0.2, -0.15) is 0 Å². The van der Waals surface area contributed by atoms with Gasteiger partial charge in [-0.1, -0.05) is 11.6 Å². The normalized spacial score (nSPS) is 14.9. The quantitative estimate of drug-likeness (QED) is 0.347. The van der Waals surface area contributed by atoms with Crippen molar-refractivity contribution >= 4 is 47.0 Å². The van der Waals surface area contributed by atoms with E-state index in [1.807, 2.05) is 0 Å². The Balaban J connectivity index is 1.83. The molecule has 1 aromatic carbocycles. The Morgan fingerprint density at radius 1 is 1.29 bits per heavy atom. The Labute approximate surface area is 181 Å². The molecule has 1 saturated carbocycles. The minimum absolute atomic E-state index is 0.0583. The third kappa shape index (κ3) is 4.58. The third-order valence-electron chi connectivity index (χ3n) is 4.94. The summed E-state index contributed by atoms with van der Waals surface area (Å²) in [5.74, 6) is -2.47. The number of aliphatic carboxylic acids is 1. The second-order valence-electron chi connectivity index (χ2n) is 7.13. The Bertz CT molecular complexity index is 1120. The standard InChI is InChI=1S/C20H19ClN4O6/c21-13-8-11(3-4-14(13)22)17(29)24-15-2-1-7-25(18(15)30)20(5-6-20)19(31)23-12(10-26)9-16(27)28/h1-4,7-8,10,12H,5-6,9,22H2,(H,23,31)(H,24,29)(H,27,28)/t12-/m0/s1. The second kappa shape index (κ2) is 8.60. The van der Waals surface area contributed by atoms with Crippen LogP contribution >= 0.6 is 11.6 Å². The van der Waals surface area contributed by atoms with Crippen LogP contribution in [-0.2, 0) is 19.9 Å². The summed E-state index contributed by atoms with van der Waals surface area (Å²) in [5.41, 5.74) is 4.20. The molecule has 1 heterocycles. The van der Waals surface area contributed by atoms with Gasteiger partial charge in [-0.3, -0.25) is 23.7 Å². The maximum atomic E-state index is 12.9. The molecule has 0 radical (unpaired) electrons. The van der Waals surface area contributed by atoms with E-state index in [1.165, 1.54) is 41.1 Å². The van der Waals surface area contributed by atoms with Crippen LogP contribution in [0.5, 0.6) is 0 Å². The van der Waals surface area contributed by atoms with Crippen molar-refractivity contribution in [2.75, 3.05) is 11.1 Å². The molecular formula is C20H19ClN4O6. The summed E-state index contributed by atoms with van der Waals surface area (Å²) in [5, 5.41) is 13.9. The number of halogens is 1. The summed E-state index contributed by atoms with van der Waals surface area (Å²) in [6.45, 7) is 0. The summed E-state index contributed by atoms with van der Waals surface area (Å²) in [6.07, 6.45) is 1.81. The van der Waals surface area contributed by atoms with Crippen LogP contribution in [0.4, 0.5) is 11.4 Å². The first-order valence-corrected chi connectivity index (χ1v) is 9.62. The van der Waals surface area contributed by atoms with Gasteiger partial charge >= 0.3 is 5.97 Å². The van der Waals surface area contributed by atoms with Crippen molar-refractivity contribution in [3.63, 3.8) is 0 Å². The molecule has 1 aliphatic carbocycles. The zero-order chi connectivity index (χ0) is 22.8. The predicted molar refractivity (Wildman–Crippen MR) is 112 cm³/mol. The van der Waals surface area contributed by atoms with Crippen LogP contribution in [0, 0.1) is 0 Å². The number of carbonyl (C=O) groups is 4. The SMILES string of the molecule is Nc1ccc(C(=O)Nc2cccn(C3(C(=O)N[C@H](C=O)CC(=O)O)CC3)c2=O)cc1Cl. The summed E-state index contributed by atoms with van der Waals surface area (Å²) in [4.78, 5) is 60.0. The molecule has 0 unspecified atom stereocenters. The molecule has 162 valence electrons. The summed E-state index contributed by atoms with van der Waals surface area (Å²) in [7, 11) is 0. The molecule has 1 aromatic heterocycles. The first-order valence-electron chi connectivity index (χ1n) is 9.24. The van der Waals surface area contributed by atoms with E-state index in [9.17, 15) is 24.0 Å². The average molecular weight is 447 g/mol. The van der Waals surface area contributed by atoms with E-state index >= 15 is 0 Å². The molecule has 10 nitrogen and oxygen atoms in total. The van der Waals surface area contributed by atoms with Gasteiger partial charge in [0.25, 0.3) is 11.5 Å². The Kier molecular flexibility index (Phi) is 6.11. The lowest BCUT2D eigenvalue weighted by Gasteiger charge is -2.21. The zero-order valence-electron chi connectivity index (χ0n) is 16.1. The van der Waals surface area contributed by atoms with Crippen LogP contribution in [0.2, 0.25) is 5.02 Å². The van der Waals surface area contributed by atoms with E-state index in [2.05, 4.69) is 10.6 Å². The lowest BCUT2D eigenvalue weighted by Crippen LogP contribution is -2.48. The minimum atomic E-state index is -1.25. The van der Waals surface area contributed by atoms with Crippen LogP contribution in [0.25, 0.3) is 0 Å². The van der Waals surface area contributed by atoms with Gasteiger partial charge in [0.2, 0.25) is 5.91 Å². The lowest BCUT2D eigenvalue weighted by atomic mass is 10.1. The number of carboxylic acids is 1. The Morgan fingerprint density at radius 3 is 2.58 bits per heavy atom. The number of carboxylic acid groups (broad SMARTS) is 1. The van der Waals surface area contributed by atoms with Gasteiger partial charge in [0.05, 0.1) is 23.2 Å². The molecule has 3 rings (SSSR count). The number of pyridine rings is 1. The number of anilines is 2. The molecular weight excluding hydrogens is 428 g/mol. The molecule has 2 aromatic rings. The minimum Gasteiger partial charge on any atom is -0.481 e. The molecule has 11 heteroatoms. The molecule has 1 fully saturated rings. The first-order chi connectivity index (χ1) is 14.7. The lowest BCUT2D eigenvalue weighted by molar-refractivity contribution is -0.139. The van der Waals surface area contributed by atoms with Gasteiger partial charge in [-0.15, -0.1) is 0 Å². The maximum Gasteiger partial charge on any atom is 0.305 e. The topological polar surface area (TPSA) is 161 Å². The van der Waals surface area contributed by atoms with Crippen LogP contribution in [0.15, 0.2) is 41.3 Å². The van der Waals surface area contributed by atoms with Crippen LogP contribution in [0.1, 0.15) is 29.6 Å². The number of hydrogen-bond donors (Lipinski definition) is 4. The number of aldehydes is 1. The number of rotatable bonds is 8. The van der Waals surface area contributed by atoms with Gasteiger partial charge < -0.3 is 26.3 Å². The van der Waals surface area contributed by atoms with E-state index in [0.717, 1.165) is 0 Å². The van der Waals surface area contributed by atoms with Gasteiger partial charge in [0.1, 0.15) is 17.5 Å². The van der Waals surface area contributed by atoms with Crippen LogP contribution in [-0.4, -0.2) is 39.8 Å². The molecule has 31 heavy (non-hydrogen) atoms. The van der Waals surface area contributed by atoms with E-state index < -0.39 is 41.3 Å². The van der Waals surface area contributed by atoms with E-state index in [4.69, 9.17) is 22.4 Å². The average Bonchev–Trinajstić information content (AvgIpc) is 3.52. The van der Waals surface area contributed by atoms with Gasteiger partial charge in [0, 0.05) is 11.8 Å². The van der Waals surface area contributed by atoms with Gasteiger partial charge in [-0.25, -0.2) is 0 Å². The van der Waals surface area contributed by atoms with Crippen molar-refractivity contribution in [1.82, 2.24) is 9.88 Å². The Hall–Kier alpha value is -3.66. The second-order valence-corrected chi connectivity index (χ2v) is 7.54. The number of nitrogens with zero attached hydrogens (tertiary/aromatic N) is 1. The van der Waals surface area contributed by atoms with Crippen LogP contribution < -0.4 is 21.9 Å². The van der Waals surface area contributed by atoms with E-state index in [-0.39, 0.29) is 16.3 Å². The number of nitrogens with two attached hydrogens (primary N) is 1. The highest BCUT2D eigenvalue weighted by atomic mass is 35.5. The highest BCUT2D eigenvalue weighted by Crippen LogP contribution is 2.43. The fraction of sp³-hybridized carbons (Fsp3) is 0.250. The van der Waals surface area contributed by atoms with Gasteiger partial charge in [0.15, 0.2) is 0 Å². The summed E-state index contributed by atoms with van der Waals surface area (Å²) in [6, 6.07) is 5.96. The van der Waals surface area contributed by atoms with Crippen molar-refractivity contribution in [1.29, 1.82) is 0 Å². The fourth-order valence-electron chi connectivity index (χ4n) is 3.11. The number of carbonyl (C=O) groups excluding carboxylic acids is 3. The van der Waals surface area contributed by atoms with Gasteiger partial charge in [-0.05, 0) is 43.2 Å². The number of hydrogen-bond acceptors (Lipinski definition) is 6. The molecule has 0 saturated heterocycles. The maximum absolute atomic E-state index is 12.9. The van der Waals surface area contributed by atoms with Crippen molar-refractivity contribution in [3.05, 3.63) is 57.5 Å². The zero-order valence-corrected chi connectivity index (χ0v) is 16.9. The van der Waals surface area contributed by atoms with Crippen molar-refractivity contribution in [2.24, 2.45) is 0 Å². The van der Waals surface area contributed by atoms with Crippen molar-refractivity contribution in [2.45, 2.75) is 30.8 Å².